The highest BCUT2D eigenvalue weighted by atomic mass is 16.5. The van der Waals surface area contributed by atoms with Crippen LogP contribution in [0.5, 0.6) is 0 Å². The van der Waals surface area contributed by atoms with Crippen LogP contribution in [0, 0.1) is 13.8 Å². The zero-order chi connectivity index (χ0) is 12.1. The molecule has 0 atom stereocenters. The fourth-order valence-electron chi connectivity index (χ4n) is 1.52. The molecule has 5 heteroatoms. The first kappa shape index (κ1) is 12.6. The summed E-state index contributed by atoms with van der Waals surface area (Å²) in [5.74, 6) is -0.162. The lowest BCUT2D eigenvalue weighted by Gasteiger charge is -2.08. The van der Waals surface area contributed by atoms with E-state index in [9.17, 15) is 4.79 Å². The molecule has 0 amide bonds. The highest BCUT2D eigenvalue weighted by Crippen LogP contribution is 2.11. The van der Waals surface area contributed by atoms with Crippen LogP contribution < -0.4 is 0 Å². The molecule has 0 unspecified atom stereocenters. The van der Waals surface area contributed by atoms with Gasteiger partial charge in [0.1, 0.15) is 5.82 Å². The Labute approximate surface area is 94.5 Å². The van der Waals surface area contributed by atoms with Crippen molar-refractivity contribution in [3.63, 3.8) is 0 Å². The van der Waals surface area contributed by atoms with Crippen LogP contribution >= 0.6 is 0 Å². The van der Waals surface area contributed by atoms with E-state index in [1.165, 1.54) is 0 Å². The standard InChI is InChI=1S/C11H16N2O3/c1-7-9(6-11(14)15)8(2)13-10(12-7)4-5-16-3/h4-6H2,1-3H3,(H,14,15). The van der Waals surface area contributed by atoms with Gasteiger partial charge in [-0.05, 0) is 13.8 Å². The molecule has 0 spiro atoms. The highest BCUT2D eigenvalue weighted by Gasteiger charge is 2.11. The lowest BCUT2D eigenvalue weighted by molar-refractivity contribution is -0.136. The van der Waals surface area contributed by atoms with Gasteiger partial charge in [-0.2, -0.15) is 0 Å². The van der Waals surface area contributed by atoms with Gasteiger partial charge in [-0.3, -0.25) is 4.79 Å². The van der Waals surface area contributed by atoms with Crippen LogP contribution in [0.3, 0.4) is 0 Å². The molecule has 0 radical (unpaired) electrons. The minimum atomic E-state index is -0.862. The second-order valence-electron chi connectivity index (χ2n) is 3.60. The van der Waals surface area contributed by atoms with E-state index < -0.39 is 5.97 Å². The first-order valence-corrected chi connectivity index (χ1v) is 5.08. The summed E-state index contributed by atoms with van der Waals surface area (Å²) in [4.78, 5) is 19.2. The average molecular weight is 224 g/mol. The van der Waals surface area contributed by atoms with Crippen LogP contribution in [-0.2, 0) is 22.4 Å². The molecule has 5 nitrogen and oxygen atoms in total. The zero-order valence-electron chi connectivity index (χ0n) is 9.78. The van der Waals surface area contributed by atoms with E-state index in [-0.39, 0.29) is 6.42 Å². The largest absolute Gasteiger partial charge is 0.481 e. The lowest BCUT2D eigenvalue weighted by atomic mass is 10.1. The van der Waals surface area contributed by atoms with Gasteiger partial charge >= 0.3 is 5.97 Å². The molecule has 0 aliphatic heterocycles. The predicted octanol–water partition coefficient (Wildman–Crippen LogP) is 0.909. The molecule has 0 fully saturated rings. The highest BCUT2D eigenvalue weighted by molar-refractivity contribution is 5.70. The Hall–Kier alpha value is -1.49. The van der Waals surface area contributed by atoms with Crippen molar-refractivity contribution in [2.75, 3.05) is 13.7 Å². The third-order valence-electron chi connectivity index (χ3n) is 2.32. The summed E-state index contributed by atoms with van der Waals surface area (Å²) in [7, 11) is 1.62. The fourth-order valence-corrected chi connectivity index (χ4v) is 1.52. The maximum absolute atomic E-state index is 10.7. The molecular weight excluding hydrogens is 208 g/mol. The number of hydrogen-bond acceptors (Lipinski definition) is 4. The Kier molecular flexibility index (Phi) is 4.37. The Bertz CT molecular complexity index is 368. The summed E-state index contributed by atoms with van der Waals surface area (Å²) >= 11 is 0. The number of aromatic nitrogens is 2. The van der Waals surface area contributed by atoms with E-state index in [1.807, 2.05) is 13.8 Å². The minimum absolute atomic E-state index is 0.0256. The summed E-state index contributed by atoms with van der Waals surface area (Å²) in [6.45, 7) is 4.18. The molecule has 0 saturated carbocycles. The number of ether oxygens (including phenoxy) is 1. The second kappa shape index (κ2) is 5.55. The minimum Gasteiger partial charge on any atom is -0.481 e. The number of aryl methyl sites for hydroxylation is 2. The summed E-state index contributed by atoms with van der Waals surface area (Å²) < 4.78 is 4.95. The molecule has 88 valence electrons. The molecule has 1 aromatic heterocycles. The van der Waals surface area contributed by atoms with Crippen LogP contribution in [-0.4, -0.2) is 34.8 Å². The van der Waals surface area contributed by atoms with Gasteiger partial charge in [0.15, 0.2) is 0 Å². The smallest absolute Gasteiger partial charge is 0.307 e. The van der Waals surface area contributed by atoms with Gasteiger partial charge in [-0.25, -0.2) is 9.97 Å². The topological polar surface area (TPSA) is 72.3 Å². The van der Waals surface area contributed by atoms with Crippen LogP contribution in [0.2, 0.25) is 0 Å². The van der Waals surface area contributed by atoms with Crippen molar-refractivity contribution < 1.29 is 14.6 Å². The van der Waals surface area contributed by atoms with Crippen molar-refractivity contribution in [2.45, 2.75) is 26.7 Å². The molecule has 0 aromatic carbocycles. The van der Waals surface area contributed by atoms with E-state index in [1.54, 1.807) is 7.11 Å². The molecule has 16 heavy (non-hydrogen) atoms. The van der Waals surface area contributed by atoms with Crippen molar-refractivity contribution in [3.8, 4) is 0 Å². The van der Waals surface area contributed by atoms with Gasteiger partial charge in [0.05, 0.1) is 13.0 Å². The van der Waals surface area contributed by atoms with Crippen molar-refractivity contribution in [2.24, 2.45) is 0 Å². The number of carboxylic acids is 1. The van der Waals surface area contributed by atoms with Crippen LogP contribution in [0.4, 0.5) is 0 Å². The first-order chi connectivity index (χ1) is 7.54. The summed E-state index contributed by atoms with van der Waals surface area (Å²) in [6.07, 6.45) is 0.619. The van der Waals surface area contributed by atoms with Gasteiger partial charge in [-0.15, -0.1) is 0 Å². The lowest BCUT2D eigenvalue weighted by Crippen LogP contribution is -2.11. The second-order valence-corrected chi connectivity index (χ2v) is 3.60. The van der Waals surface area contributed by atoms with Crippen molar-refractivity contribution in [3.05, 3.63) is 22.8 Å². The van der Waals surface area contributed by atoms with E-state index in [0.29, 0.717) is 24.4 Å². The summed E-state index contributed by atoms with van der Waals surface area (Å²) in [6, 6.07) is 0. The maximum Gasteiger partial charge on any atom is 0.307 e. The average Bonchev–Trinajstić information content (AvgIpc) is 2.20. The molecule has 1 aromatic rings. The first-order valence-electron chi connectivity index (χ1n) is 5.08. The number of hydrogen-bond donors (Lipinski definition) is 1. The maximum atomic E-state index is 10.7. The Balaban J connectivity index is 2.93. The third-order valence-corrected chi connectivity index (χ3v) is 2.32. The van der Waals surface area contributed by atoms with Crippen molar-refractivity contribution in [1.82, 2.24) is 9.97 Å². The van der Waals surface area contributed by atoms with Gasteiger partial charge in [0.25, 0.3) is 0 Å². The van der Waals surface area contributed by atoms with E-state index in [4.69, 9.17) is 9.84 Å². The summed E-state index contributed by atoms with van der Waals surface area (Å²) in [5, 5.41) is 8.75. The van der Waals surface area contributed by atoms with Crippen LogP contribution in [0.15, 0.2) is 0 Å². The van der Waals surface area contributed by atoms with Crippen LogP contribution in [0.25, 0.3) is 0 Å². The number of carbonyl (C=O) groups is 1. The quantitative estimate of drug-likeness (QED) is 0.804. The number of methoxy groups -OCH3 is 1. The molecule has 1 heterocycles. The molecular formula is C11H16N2O3. The summed E-state index contributed by atoms with van der Waals surface area (Å²) in [5.41, 5.74) is 2.18. The van der Waals surface area contributed by atoms with Gasteiger partial charge in [-0.1, -0.05) is 0 Å². The van der Waals surface area contributed by atoms with E-state index >= 15 is 0 Å². The van der Waals surface area contributed by atoms with Gasteiger partial charge in [0.2, 0.25) is 0 Å². The molecule has 1 rings (SSSR count). The van der Waals surface area contributed by atoms with Crippen LogP contribution in [0.1, 0.15) is 22.8 Å². The molecule has 0 aliphatic rings. The normalized spacial score (nSPS) is 10.4. The number of nitrogens with zero attached hydrogens (tertiary/aromatic N) is 2. The van der Waals surface area contributed by atoms with Crippen molar-refractivity contribution in [1.29, 1.82) is 0 Å². The van der Waals surface area contributed by atoms with E-state index in [0.717, 1.165) is 11.4 Å². The Morgan fingerprint density at radius 1 is 1.31 bits per heavy atom. The monoisotopic (exact) mass is 224 g/mol. The SMILES string of the molecule is COCCc1nc(C)c(CC(=O)O)c(C)n1. The molecule has 0 bridgehead atoms. The number of carboxylic acid groups (broad SMARTS) is 1. The van der Waals surface area contributed by atoms with Gasteiger partial charge in [0, 0.05) is 30.5 Å². The molecule has 1 N–H and O–H groups in total. The molecule has 0 saturated heterocycles. The van der Waals surface area contributed by atoms with E-state index in [2.05, 4.69) is 9.97 Å². The van der Waals surface area contributed by atoms with Gasteiger partial charge < -0.3 is 9.84 Å². The molecule has 0 aliphatic carbocycles. The fraction of sp³-hybridized carbons (Fsp3) is 0.545. The number of aliphatic carboxylic acids is 1. The number of rotatable bonds is 5. The third kappa shape index (κ3) is 3.27. The van der Waals surface area contributed by atoms with Crippen molar-refractivity contribution >= 4 is 5.97 Å². The Morgan fingerprint density at radius 2 is 1.88 bits per heavy atom. The Morgan fingerprint density at radius 3 is 2.31 bits per heavy atom. The predicted molar refractivity (Wildman–Crippen MR) is 58.4 cm³/mol. The zero-order valence-corrected chi connectivity index (χ0v) is 9.78.